The number of rotatable bonds is 4. The molecule has 1 aliphatic carbocycles. The number of nitrogens with one attached hydrogen (secondary N) is 1. The molecule has 2 aliphatic rings. The van der Waals surface area contributed by atoms with Crippen molar-refractivity contribution in [3.05, 3.63) is 0 Å². The van der Waals surface area contributed by atoms with Crippen LogP contribution in [-0.4, -0.2) is 41.3 Å². The van der Waals surface area contributed by atoms with Crippen molar-refractivity contribution in [3.63, 3.8) is 0 Å². The summed E-state index contributed by atoms with van der Waals surface area (Å²) in [7, 11) is 0. The first kappa shape index (κ1) is 14.8. The second kappa shape index (κ2) is 4.74. The van der Waals surface area contributed by atoms with Gasteiger partial charge in [-0.3, -0.25) is 10.1 Å². The highest BCUT2D eigenvalue weighted by molar-refractivity contribution is 5.88. The molecule has 1 heterocycles. The third-order valence-electron chi connectivity index (χ3n) is 5.19. The Labute approximate surface area is 116 Å². The Bertz CT molecular complexity index is 369. The Morgan fingerprint density at radius 2 is 2.00 bits per heavy atom. The van der Waals surface area contributed by atoms with Crippen LogP contribution in [-0.2, 0) is 9.53 Å². The van der Waals surface area contributed by atoms with Gasteiger partial charge in [-0.2, -0.15) is 0 Å². The number of nitrogens with zero attached hydrogens (tertiary/aromatic N) is 1. The molecule has 1 saturated heterocycles. The second-order valence-electron chi connectivity index (χ2n) is 6.74. The molecule has 19 heavy (non-hydrogen) atoms. The van der Waals surface area contributed by atoms with Crippen LogP contribution in [0, 0.1) is 5.41 Å². The highest BCUT2D eigenvalue weighted by atomic mass is 16.5. The van der Waals surface area contributed by atoms with Crippen LogP contribution < -0.4 is 5.32 Å². The van der Waals surface area contributed by atoms with Crippen LogP contribution in [0.4, 0.5) is 0 Å². The Morgan fingerprint density at radius 1 is 1.37 bits per heavy atom. The summed E-state index contributed by atoms with van der Waals surface area (Å²) in [5, 5.41) is 3.45. The first-order valence-corrected chi connectivity index (χ1v) is 7.50. The molecule has 0 radical (unpaired) electrons. The standard InChI is InChI=1S/C15H28N2O2/c1-7-15(6)13(18)17(10(3)16-15)11-9-12(19-8-2)14(11,4)5/h10-12,16H,7-9H2,1-6H3. The van der Waals surface area contributed by atoms with Crippen molar-refractivity contribution in [3.8, 4) is 0 Å². The summed E-state index contributed by atoms with van der Waals surface area (Å²) >= 11 is 0. The minimum absolute atomic E-state index is 0.0423. The maximum Gasteiger partial charge on any atom is 0.244 e. The largest absolute Gasteiger partial charge is 0.378 e. The van der Waals surface area contributed by atoms with E-state index < -0.39 is 5.54 Å². The Kier molecular flexibility index (Phi) is 3.69. The Morgan fingerprint density at radius 3 is 2.42 bits per heavy atom. The number of carbonyl (C=O) groups is 1. The highest BCUT2D eigenvalue weighted by Gasteiger charge is 2.58. The van der Waals surface area contributed by atoms with Gasteiger partial charge in [-0.15, -0.1) is 0 Å². The summed E-state index contributed by atoms with van der Waals surface area (Å²) in [5.41, 5.74) is -0.354. The lowest BCUT2D eigenvalue weighted by Crippen LogP contribution is -2.64. The van der Waals surface area contributed by atoms with E-state index in [0.29, 0.717) is 0 Å². The van der Waals surface area contributed by atoms with Crippen LogP contribution in [0.3, 0.4) is 0 Å². The van der Waals surface area contributed by atoms with Gasteiger partial charge >= 0.3 is 0 Å². The molecule has 0 bridgehead atoms. The lowest BCUT2D eigenvalue weighted by Gasteiger charge is -2.55. The molecule has 0 aromatic carbocycles. The zero-order valence-electron chi connectivity index (χ0n) is 13.1. The monoisotopic (exact) mass is 268 g/mol. The van der Waals surface area contributed by atoms with Gasteiger partial charge in [0.05, 0.1) is 17.8 Å². The smallest absolute Gasteiger partial charge is 0.244 e. The first-order valence-electron chi connectivity index (χ1n) is 7.50. The van der Waals surface area contributed by atoms with Crippen LogP contribution in [0.15, 0.2) is 0 Å². The number of ether oxygens (including phenoxy) is 1. The predicted molar refractivity (Wildman–Crippen MR) is 75.7 cm³/mol. The van der Waals surface area contributed by atoms with Crippen molar-refractivity contribution in [1.29, 1.82) is 0 Å². The molecule has 0 spiro atoms. The van der Waals surface area contributed by atoms with E-state index in [1.165, 1.54) is 0 Å². The lowest BCUT2D eigenvalue weighted by molar-refractivity contribution is -0.168. The van der Waals surface area contributed by atoms with E-state index in [4.69, 9.17) is 4.74 Å². The summed E-state index contributed by atoms with van der Waals surface area (Å²) in [5.74, 6) is 0.246. The maximum absolute atomic E-state index is 12.7. The third kappa shape index (κ3) is 2.09. The molecular formula is C15H28N2O2. The molecule has 0 aromatic rings. The molecule has 1 saturated carbocycles. The first-order chi connectivity index (χ1) is 8.78. The van der Waals surface area contributed by atoms with Crippen LogP contribution in [0.5, 0.6) is 0 Å². The molecule has 110 valence electrons. The average Bonchev–Trinajstić information content (AvgIpc) is 2.57. The van der Waals surface area contributed by atoms with E-state index in [0.717, 1.165) is 19.4 Å². The zero-order valence-corrected chi connectivity index (χ0v) is 13.1. The summed E-state index contributed by atoms with van der Waals surface area (Å²) in [6.45, 7) is 13.4. The number of hydrogen-bond acceptors (Lipinski definition) is 3. The molecular weight excluding hydrogens is 240 g/mol. The topological polar surface area (TPSA) is 41.6 Å². The number of amides is 1. The van der Waals surface area contributed by atoms with Crippen molar-refractivity contribution in [2.24, 2.45) is 5.41 Å². The van der Waals surface area contributed by atoms with Crippen LogP contribution >= 0.6 is 0 Å². The quantitative estimate of drug-likeness (QED) is 0.849. The average molecular weight is 268 g/mol. The van der Waals surface area contributed by atoms with E-state index in [2.05, 4.69) is 37.9 Å². The van der Waals surface area contributed by atoms with Gasteiger partial charge in [0.1, 0.15) is 0 Å². The van der Waals surface area contributed by atoms with E-state index in [-0.39, 0.29) is 29.6 Å². The van der Waals surface area contributed by atoms with Gasteiger partial charge in [-0.1, -0.05) is 20.8 Å². The van der Waals surface area contributed by atoms with Crippen molar-refractivity contribution in [1.82, 2.24) is 10.2 Å². The Balaban J connectivity index is 2.14. The van der Waals surface area contributed by atoms with E-state index >= 15 is 0 Å². The lowest BCUT2D eigenvalue weighted by atomic mass is 9.63. The van der Waals surface area contributed by atoms with Gasteiger partial charge < -0.3 is 9.64 Å². The zero-order chi connectivity index (χ0) is 14.4. The number of carbonyl (C=O) groups excluding carboxylic acids is 1. The van der Waals surface area contributed by atoms with Gasteiger partial charge in [0.15, 0.2) is 0 Å². The summed E-state index contributed by atoms with van der Waals surface area (Å²) in [6, 6.07) is 0.285. The van der Waals surface area contributed by atoms with Gasteiger partial charge in [0, 0.05) is 18.1 Å². The highest BCUT2D eigenvalue weighted by Crippen LogP contribution is 2.48. The molecule has 1 amide bonds. The molecule has 1 aliphatic heterocycles. The Hall–Kier alpha value is -0.610. The fourth-order valence-electron chi connectivity index (χ4n) is 3.54. The summed E-state index contributed by atoms with van der Waals surface area (Å²) in [6.07, 6.45) is 2.17. The van der Waals surface area contributed by atoms with Gasteiger partial charge in [0.25, 0.3) is 0 Å². The van der Waals surface area contributed by atoms with Crippen LogP contribution in [0.2, 0.25) is 0 Å². The van der Waals surface area contributed by atoms with Crippen LogP contribution in [0.1, 0.15) is 54.4 Å². The van der Waals surface area contributed by atoms with Crippen LogP contribution in [0.25, 0.3) is 0 Å². The van der Waals surface area contributed by atoms with Crippen molar-refractivity contribution >= 4 is 5.91 Å². The fourth-order valence-corrected chi connectivity index (χ4v) is 3.54. The van der Waals surface area contributed by atoms with E-state index in [9.17, 15) is 4.79 Å². The minimum Gasteiger partial charge on any atom is -0.378 e. The molecule has 1 N–H and O–H groups in total. The molecule has 2 fully saturated rings. The number of hydrogen-bond donors (Lipinski definition) is 1. The molecule has 4 unspecified atom stereocenters. The predicted octanol–water partition coefficient (Wildman–Crippen LogP) is 2.14. The maximum atomic E-state index is 12.7. The molecule has 4 atom stereocenters. The van der Waals surface area contributed by atoms with Gasteiger partial charge in [-0.05, 0) is 33.6 Å². The molecule has 4 heteroatoms. The SMILES string of the molecule is CCOC1CC(N2C(=O)C(C)(CC)NC2C)C1(C)C. The van der Waals surface area contributed by atoms with E-state index in [1.807, 2.05) is 13.8 Å². The fraction of sp³-hybridized carbons (Fsp3) is 0.933. The van der Waals surface area contributed by atoms with Crippen molar-refractivity contribution in [2.75, 3.05) is 6.61 Å². The second-order valence-corrected chi connectivity index (χ2v) is 6.74. The van der Waals surface area contributed by atoms with Gasteiger partial charge in [0.2, 0.25) is 5.91 Å². The van der Waals surface area contributed by atoms with Crippen molar-refractivity contribution in [2.45, 2.75) is 78.2 Å². The summed E-state index contributed by atoms with van der Waals surface area (Å²) < 4.78 is 5.77. The van der Waals surface area contributed by atoms with Crippen molar-refractivity contribution < 1.29 is 9.53 Å². The molecule has 0 aromatic heterocycles. The summed E-state index contributed by atoms with van der Waals surface area (Å²) in [4.78, 5) is 14.7. The molecule has 4 nitrogen and oxygen atoms in total. The third-order valence-corrected chi connectivity index (χ3v) is 5.19. The van der Waals surface area contributed by atoms with Gasteiger partial charge in [-0.25, -0.2) is 0 Å². The molecule has 2 rings (SSSR count). The van der Waals surface area contributed by atoms with E-state index in [1.54, 1.807) is 0 Å². The normalized spacial score (nSPS) is 41.5. The minimum atomic E-state index is -0.397.